The van der Waals surface area contributed by atoms with Crippen molar-refractivity contribution in [3.63, 3.8) is 0 Å². The van der Waals surface area contributed by atoms with Gasteiger partial charge < -0.3 is 31.9 Å². The lowest BCUT2D eigenvalue weighted by Gasteiger charge is -2.20. The molecular formula is C14H19I3N2O6. The summed E-state index contributed by atoms with van der Waals surface area (Å²) in [5.74, 6) is -0.593. The van der Waals surface area contributed by atoms with Gasteiger partial charge in [0, 0.05) is 23.6 Å². The minimum Gasteiger partial charge on any atom is -0.394 e. The highest BCUT2D eigenvalue weighted by molar-refractivity contribution is 14.1. The molecule has 1 rings (SSSR count). The van der Waals surface area contributed by atoms with Crippen molar-refractivity contribution in [2.24, 2.45) is 11.5 Å². The van der Waals surface area contributed by atoms with Gasteiger partial charge in [-0.2, -0.15) is 0 Å². The summed E-state index contributed by atoms with van der Waals surface area (Å²) in [6, 6.07) is 0. The first kappa shape index (κ1) is 25.2. The molecule has 0 aliphatic heterocycles. The number of amides is 2. The number of rotatable bonds is 7. The van der Waals surface area contributed by atoms with E-state index in [0.717, 1.165) is 3.57 Å². The molecule has 0 aromatic heterocycles. The predicted molar refractivity (Wildman–Crippen MR) is 117 cm³/mol. The van der Waals surface area contributed by atoms with Gasteiger partial charge in [0.15, 0.2) is 0 Å². The van der Waals surface area contributed by atoms with Crippen LogP contribution in [0, 0.1) is 10.7 Å². The molecule has 0 fully saturated rings. The number of primary amides is 2. The second-order valence-electron chi connectivity index (χ2n) is 4.86. The van der Waals surface area contributed by atoms with Crippen LogP contribution in [0.4, 0.5) is 0 Å². The molecule has 25 heavy (non-hydrogen) atoms. The number of aliphatic hydroxyl groups excluding tert-OH is 4. The maximum atomic E-state index is 11.8. The van der Waals surface area contributed by atoms with Crippen molar-refractivity contribution in [1.29, 1.82) is 0 Å². The topological polar surface area (TPSA) is 167 Å². The SMILES string of the molecule is NC(=O)c1c(I)c(CC(O)CO)c(I)c(CC(O)CO)c1I.NC=O. The van der Waals surface area contributed by atoms with E-state index in [0.29, 0.717) is 23.8 Å². The third-order valence-electron chi connectivity index (χ3n) is 3.05. The summed E-state index contributed by atoms with van der Waals surface area (Å²) in [6.45, 7) is -0.780. The first-order valence-corrected chi connectivity index (χ1v) is 10.1. The molecule has 0 radical (unpaired) electrons. The molecule has 8 N–H and O–H groups in total. The summed E-state index contributed by atoms with van der Waals surface area (Å²) in [5.41, 5.74) is 11.4. The Morgan fingerprint density at radius 1 is 0.960 bits per heavy atom. The molecule has 1 aromatic carbocycles. The van der Waals surface area contributed by atoms with E-state index in [2.05, 4.69) is 28.3 Å². The Bertz CT molecular complexity index is 576. The monoisotopic (exact) mass is 692 g/mol. The van der Waals surface area contributed by atoms with Crippen LogP contribution in [0.5, 0.6) is 0 Å². The van der Waals surface area contributed by atoms with Gasteiger partial charge in [0.25, 0.3) is 5.91 Å². The molecule has 2 unspecified atom stereocenters. The van der Waals surface area contributed by atoms with Crippen molar-refractivity contribution in [3.8, 4) is 0 Å². The third kappa shape index (κ3) is 7.37. The highest BCUT2D eigenvalue weighted by Crippen LogP contribution is 2.33. The van der Waals surface area contributed by atoms with E-state index in [9.17, 15) is 15.0 Å². The van der Waals surface area contributed by atoms with E-state index in [1.165, 1.54) is 0 Å². The average molecular weight is 692 g/mol. The number of benzene rings is 1. The highest BCUT2D eigenvalue weighted by atomic mass is 127. The first-order valence-electron chi connectivity index (χ1n) is 6.87. The Morgan fingerprint density at radius 2 is 1.28 bits per heavy atom. The molecule has 0 bridgehead atoms. The van der Waals surface area contributed by atoms with Gasteiger partial charge in [0.1, 0.15) is 0 Å². The Labute approximate surface area is 185 Å². The van der Waals surface area contributed by atoms with Crippen LogP contribution in [0.2, 0.25) is 0 Å². The third-order valence-corrected chi connectivity index (χ3v) is 6.73. The standard InChI is InChI=1S/C13H16I3NO5.CH3NO/c14-10-7(1-5(20)3-18)11(15)9(13(17)22)12(16)8(10)2-6(21)4-19;2-1-3/h5-6,18-21H,1-4H2,(H2,17,22);1H,(H2,2,3). The maximum Gasteiger partial charge on any atom is 0.250 e. The first-order chi connectivity index (χ1) is 11.7. The molecule has 0 aliphatic rings. The number of carbonyl (C=O) groups is 2. The predicted octanol–water partition coefficient (Wildman–Crippen LogP) is -0.508. The number of carbonyl (C=O) groups excluding carboxylic acids is 2. The van der Waals surface area contributed by atoms with Crippen LogP contribution in [0.1, 0.15) is 21.5 Å². The second-order valence-corrected chi connectivity index (χ2v) is 8.09. The molecule has 8 nitrogen and oxygen atoms in total. The zero-order chi connectivity index (χ0) is 19.7. The molecule has 2 atom stereocenters. The van der Waals surface area contributed by atoms with Crippen LogP contribution in [0.25, 0.3) is 0 Å². The molecule has 0 aliphatic carbocycles. The lowest BCUT2D eigenvalue weighted by Crippen LogP contribution is -2.24. The minimum atomic E-state index is -0.946. The summed E-state index contributed by atoms with van der Waals surface area (Å²) in [6.07, 6.45) is -1.30. The fourth-order valence-corrected chi connectivity index (χ4v) is 6.53. The minimum absolute atomic E-state index is 0.173. The van der Waals surface area contributed by atoms with Gasteiger partial charge >= 0.3 is 0 Å². The summed E-state index contributed by atoms with van der Waals surface area (Å²) in [7, 11) is 0. The quantitative estimate of drug-likeness (QED) is 0.167. The largest absolute Gasteiger partial charge is 0.394 e. The average Bonchev–Trinajstić information content (AvgIpc) is 2.55. The summed E-state index contributed by atoms with van der Waals surface area (Å²) in [4.78, 5) is 20.3. The van der Waals surface area contributed by atoms with Crippen molar-refractivity contribution < 1.29 is 30.0 Å². The van der Waals surface area contributed by atoms with E-state index in [-0.39, 0.29) is 19.3 Å². The molecule has 142 valence electrons. The van der Waals surface area contributed by atoms with Gasteiger partial charge in [0.2, 0.25) is 6.41 Å². The van der Waals surface area contributed by atoms with Gasteiger partial charge in [-0.25, -0.2) is 0 Å². The number of halogens is 3. The van der Waals surface area contributed by atoms with Crippen LogP contribution >= 0.6 is 67.8 Å². The van der Waals surface area contributed by atoms with Crippen LogP contribution in [-0.2, 0) is 17.6 Å². The lowest BCUT2D eigenvalue weighted by molar-refractivity contribution is -0.106. The van der Waals surface area contributed by atoms with Gasteiger partial charge in [-0.3, -0.25) is 9.59 Å². The van der Waals surface area contributed by atoms with E-state index in [1.54, 1.807) is 0 Å². The molecule has 0 heterocycles. The zero-order valence-corrected chi connectivity index (χ0v) is 19.4. The number of aliphatic hydroxyl groups is 4. The van der Waals surface area contributed by atoms with E-state index >= 15 is 0 Å². The lowest BCUT2D eigenvalue weighted by atomic mass is 9.98. The molecule has 0 spiro atoms. The van der Waals surface area contributed by atoms with Crippen molar-refractivity contribution in [1.82, 2.24) is 0 Å². The van der Waals surface area contributed by atoms with Crippen molar-refractivity contribution in [2.45, 2.75) is 25.0 Å². The summed E-state index contributed by atoms with van der Waals surface area (Å²) < 4.78 is 2.05. The van der Waals surface area contributed by atoms with Gasteiger partial charge in [-0.15, -0.1) is 0 Å². The van der Waals surface area contributed by atoms with Crippen LogP contribution in [0.15, 0.2) is 0 Å². The van der Waals surface area contributed by atoms with Crippen LogP contribution in [0.3, 0.4) is 0 Å². The van der Waals surface area contributed by atoms with E-state index < -0.39 is 31.3 Å². The molecule has 0 saturated carbocycles. The normalized spacial score (nSPS) is 12.8. The Balaban J connectivity index is 0.00000178. The van der Waals surface area contributed by atoms with Gasteiger partial charge in [-0.05, 0) is 78.9 Å². The molecular weight excluding hydrogens is 673 g/mol. The van der Waals surface area contributed by atoms with Crippen molar-refractivity contribution in [3.05, 3.63) is 27.4 Å². The summed E-state index contributed by atoms with van der Waals surface area (Å²) >= 11 is 6.09. The van der Waals surface area contributed by atoms with Crippen molar-refractivity contribution >= 4 is 80.1 Å². The van der Waals surface area contributed by atoms with Crippen molar-refractivity contribution in [2.75, 3.05) is 13.2 Å². The van der Waals surface area contributed by atoms with E-state index in [4.69, 9.17) is 20.7 Å². The number of hydrogen-bond acceptors (Lipinski definition) is 6. The Morgan fingerprint density at radius 3 is 1.52 bits per heavy atom. The molecule has 0 saturated heterocycles. The zero-order valence-electron chi connectivity index (χ0n) is 13.0. The number of hydrogen-bond donors (Lipinski definition) is 6. The van der Waals surface area contributed by atoms with Crippen LogP contribution in [-0.4, -0.2) is 58.2 Å². The maximum absolute atomic E-state index is 11.8. The van der Waals surface area contributed by atoms with Gasteiger partial charge in [-0.1, -0.05) is 0 Å². The molecule has 1 aromatic rings. The smallest absolute Gasteiger partial charge is 0.250 e. The highest BCUT2D eigenvalue weighted by Gasteiger charge is 2.25. The Hall–Kier alpha value is 0.190. The van der Waals surface area contributed by atoms with Crippen LogP contribution < -0.4 is 11.5 Å². The molecule has 2 amide bonds. The second kappa shape index (κ2) is 12.6. The Kier molecular flexibility index (Phi) is 12.6. The van der Waals surface area contributed by atoms with Gasteiger partial charge in [0.05, 0.1) is 31.0 Å². The number of nitrogens with two attached hydrogens (primary N) is 2. The van der Waals surface area contributed by atoms with E-state index in [1.807, 2.05) is 45.2 Å². The fraction of sp³-hybridized carbons (Fsp3) is 0.429. The molecule has 11 heteroatoms. The summed E-state index contributed by atoms with van der Waals surface area (Å²) in [5, 5.41) is 37.5. The fourth-order valence-electron chi connectivity index (χ4n) is 1.95.